The Morgan fingerprint density at radius 3 is 2.32 bits per heavy atom. The van der Waals surface area contributed by atoms with Crippen LogP contribution in [0.1, 0.15) is 5.56 Å². The predicted octanol–water partition coefficient (Wildman–Crippen LogP) is 5.61. The number of carbonyl (C=O) groups excluding carboxylic acids is 1. The van der Waals surface area contributed by atoms with Gasteiger partial charge in [-0.05, 0) is 45.3 Å². The van der Waals surface area contributed by atoms with Gasteiger partial charge in [-0.2, -0.15) is 0 Å². The van der Waals surface area contributed by atoms with Crippen molar-refractivity contribution < 1.29 is 9.53 Å². The first-order valence-electron chi connectivity index (χ1n) is 8.16. The van der Waals surface area contributed by atoms with Crippen LogP contribution in [0, 0.1) is 0 Å². The first-order valence-corrected chi connectivity index (χ1v) is 8.16. The molecule has 4 rings (SSSR count). The number of esters is 1. The molecule has 0 aliphatic carbocycles. The lowest BCUT2D eigenvalue weighted by molar-refractivity contribution is -0.128. The molecule has 120 valence electrons. The summed E-state index contributed by atoms with van der Waals surface area (Å²) in [5.74, 6) is 0.162. The summed E-state index contributed by atoms with van der Waals surface area (Å²) in [6.45, 7) is 0. The van der Waals surface area contributed by atoms with Crippen LogP contribution in [-0.4, -0.2) is 5.97 Å². The van der Waals surface area contributed by atoms with E-state index in [4.69, 9.17) is 4.74 Å². The summed E-state index contributed by atoms with van der Waals surface area (Å²) < 4.78 is 5.43. The third-order valence-corrected chi connectivity index (χ3v) is 4.16. The van der Waals surface area contributed by atoms with Crippen molar-refractivity contribution in [3.8, 4) is 5.75 Å². The summed E-state index contributed by atoms with van der Waals surface area (Å²) in [4.78, 5) is 12.1. The smallest absolute Gasteiger partial charge is 0.336 e. The van der Waals surface area contributed by atoms with E-state index < -0.39 is 0 Å². The minimum absolute atomic E-state index is 0.386. The van der Waals surface area contributed by atoms with Crippen LogP contribution < -0.4 is 4.74 Å². The van der Waals surface area contributed by atoms with Gasteiger partial charge in [0.05, 0.1) is 0 Å². The van der Waals surface area contributed by atoms with Crippen molar-refractivity contribution in [1.29, 1.82) is 0 Å². The van der Waals surface area contributed by atoms with E-state index in [0.29, 0.717) is 5.75 Å². The van der Waals surface area contributed by atoms with E-state index in [1.165, 1.54) is 6.08 Å². The van der Waals surface area contributed by atoms with Crippen LogP contribution in [-0.2, 0) is 4.79 Å². The minimum Gasteiger partial charge on any atom is -0.423 e. The Labute approximate surface area is 146 Å². The van der Waals surface area contributed by atoms with Crippen LogP contribution in [0.15, 0.2) is 91.0 Å². The van der Waals surface area contributed by atoms with Crippen molar-refractivity contribution in [3.63, 3.8) is 0 Å². The molecule has 0 spiro atoms. The lowest BCUT2D eigenvalue weighted by atomic mass is 10.0. The zero-order valence-corrected chi connectivity index (χ0v) is 13.6. The van der Waals surface area contributed by atoms with Crippen LogP contribution in [0.25, 0.3) is 27.6 Å². The molecule has 0 aliphatic rings. The van der Waals surface area contributed by atoms with Gasteiger partial charge in [-0.1, -0.05) is 72.8 Å². The van der Waals surface area contributed by atoms with Gasteiger partial charge in [0.1, 0.15) is 5.75 Å². The lowest BCUT2D eigenvalue weighted by Crippen LogP contribution is -2.03. The Morgan fingerprint density at radius 1 is 0.720 bits per heavy atom. The number of rotatable bonds is 3. The molecule has 4 aromatic rings. The van der Waals surface area contributed by atoms with Gasteiger partial charge < -0.3 is 4.74 Å². The normalized spacial score (nSPS) is 11.2. The summed E-state index contributed by atoms with van der Waals surface area (Å²) in [5, 5.41) is 4.42. The topological polar surface area (TPSA) is 26.3 Å². The molecule has 2 heteroatoms. The summed E-state index contributed by atoms with van der Waals surface area (Å²) in [6.07, 6.45) is 3.27. The first-order chi connectivity index (χ1) is 12.3. The molecular formula is C23H16O2. The zero-order valence-electron chi connectivity index (χ0n) is 13.6. The molecule has 0 aliphatic heterocycles. The Hall–Kier alpha value is -3.39. The zero-order chi connectivity index (χ0) is 17.1. The summed E-state index contributed by atoms with van der Waals surface area (Å²) in [6, 6.07) is 27.7. The summed E-state index contributed by atoms with van der Waals surface area (Å²) in [5.41, 5.74) is 0.994. The molecule has 25 heavy (non-hydrogen) atoms. The average Bonchev–Trinajstić information content (AvgIpc) is 2.66. The van der Waals surface area contributed by atoms with Crippen LogP contribution >= 0.6 is 0 Å². The van der Waals surface area contributed by atoms with E-state index in [2.05, 4.69) is 12.1 Å². The van der Waals surface area contributed by atoms with Crippen LogP contribution in [0.2, 0.25) is 0 Å². The van der Waals surface area contributed by atoms with Crippen molar-refractivity contribution in [3.05, 3.63) is 96.6 Å². The van der Waals surface area contributed by atoms with Gasteiger partial charge in [0.25, 0.3) is 0 Å². The Balaban J connectivity index is 1.55. The van der Waals surface area contributed by atoms with E-state index in [-0.39, 0.29) is 5.97 Å². The van der Waals surface area contributed by atoms with Crippen molar-refractivity contribution in [2.24, 2.45) is 0 Å². The molecule has 0 unspecified atom stereocenters. The maximum atomic E-state index is 12.1. The highest BCUT2D eigenvalue weighted by Crippen LogP contribution is 2.22. The van der Waals surface area contributed by atoms with Gasteiger partial charge in [-0.15, -0.1) is 0 Å². The van der Waals surface area contributed by atoms with Crippen LogP contribution in [0.3, 0.4) is 0 Å². The van der Waals surface area contributed by atoms with Crippen molar-refractivity contribution in [2.75, 3.05) is 0 Å². The minimum atomic E-state index is -0.386. The Bertz CT molecular complexity index is 1090. The fourth-order valence-electron chi connectivity index (χ4n) is 2.93. The SMILES string of the molecule is O=C(C=Cc1cccc2ccccc12)Oc1ccc2ccccc2c1. The highest BCUT2D eigenvalue weighted by Gasteiger charge is 2.03. The van der Waals surface area contributed by atoms with E-state index in [0.717, 1.165) is 27.1 Å². The quantitative estimate of drug-likeness (QED) is 0.278. The highest BCUT2D eigenvalue weighted by atomic mass is 16.5. The molecule has 0 heterocycles. The fraction of sp³-hybridized carbons (Fsp3) is 0. The van der Waals surface area contributed by atoms with Gasteiger partial charge in [0.2, 0.25) is 0 Å². The van der Waals surface area contributed by atoms with Crippen molar-refractivity contribution in [2.45, 2.75) is 0 Å². The Morgan fingerprint density at radius 2 is 1.44 bits per heavy atom. The monoisotopic (exact) mass is 324 g/mol. The molecule has 0 N–H and O–H groups in total. The molecule has 0 aromatic heterocycles. The van der Waals surface area contributed by atoms with Gasteiger partial charge in [-0.25, -0.2) is 4.79 Å². The molecule has 2 nitrogen and oxygen atoms in total. The number of carbonyl (C=O) groups is 1. The first kappa shape index (κ1) is 15.2. The predicted molar refractivity (Wildman–Crippen MR) is 103 cm³/mol. The lowest BCUT2D eigenvalue weighted by Gasteiger charge is -2.04. The van der Waals surface area contributed by atoms with Crippen molar-refractivity contribution >= 4 is 33.6 Å². The standard InChI is InChI=1S/C23H16O2/c24-23(25-21-14-12-17-6-1-2-8-20(17)16-21)15-13-19-10-5-9-18-7-3-4-11-22(18)19/h1-16H. The number of hydrogen-bond donors (Lipinski definition) is 0. The second-order valence-electron chi connectivity index (χ2n) is 5.83. The number of ether oxygens (including phenoxy) is 1. The largest absolute Gasteiger partial charge is 0.423 e. The summed E-state index contributed by atoms with van der Waals surface area (Å²) in [7, 11) is 0. The van der Waals surface area contributed by atoms with Gasteiger partial charge in [-0.3, -0.25) is 0 Å². The number of fused-ring (bicyclic) bond motifs is 2. The molecule has 0 fully saturated rings. The van der Waals surface area contributed by atoms with Crippen LogP contribution in [0.5, 0.6) is 5.75 Å². The molecular weight excluding hydrogens is 308 g/mol. The number of benzene rings is 4. The maximum Gasteiger partial charge on any atom is 0.336 e. The third kappa shape index (κ3) is 3.29. The molecule has 0 atom stereocenters. The maximum absolute atomic E-state index is 12.1. The highest BCUT2D eigenvalue weighted by molar-refractivity contribution is 5.95. The van der Waals surface area contributed by atoms with Gasteiger partial charge in [0.15, 0.2) is 0 Å². The molecule has 0 saturated heterocycles. The Kier molecular flexibility index (Phi) is 4.01. The second-order valence-corrected chi connectivity index (χ2v) is 5.83. The van der Waals surface area contributed by atoms with Gasteiger partial charge >= 0.3 is 5.97 Å². The molecule has 0 radical (unpaired) electrons. The van der Waals surface area contributed by atoms with Gasteiger partial charge in [0, 0.05) is 6.08 Å². The molecule has 0 bridgehead atoms. The fourth-order valence-corrected chi connectivity index (χ4v) is 2.93. The number of hydrogen-bond acceptors (Lipinski definition) is 2. The summed E-state index contributed by atoms with van der Waals surface area (Å²) >= 11 is 0. The van der Waals surface area contributed by atoms with Crippen molar-refractivity contribution in [1.82, 2.24) is 0 Å². The van der Waals surface area contributed by atoms with E-state index in [9.17, 15) is 4.79 Å². The average molecular weight is 324 g/mol. The van der Waals surface area contributed by atoms with E-state index >= 15 is 0 Å². The third-order valence-electron chi connectivity index (χ3n) is 4.16. The molecule has 4 aromatic carbocycles. The molecule has 0 amide bonds. The van der Waals surface area contributed by atoms with E-state index in [1.54, 1.807) is 6.08 Å². The second kappa shape index (κ2) is 6.62. The molecule has 0 saturated carbocycles. The van der Waals surface area contributed by atoms with E-state index in [1.807, 2.05) is 72.8 Å². The van der Waals surface area contributed by atoms with Crippen LogP contribution in [0.4, 0.5) is 0 Å².